The van der Waals surface area contributed by atoms with E-state index in [2.05, 4.69) is 22.5 Å². The van der Waals surface area contributed by atoms with Crippen molar-refractivity contribution >= 4 is 35.5 Å². The van der Waals surface area contributed by atoms with Gasteiger partial charge in [-0.3, -0.25) is 19.2 Å². The van der Waals surface area contributed by atoms with Gasteiger partial charge in [0.05, 0.1) is 31.2 Å². The largest absolute Gasteiger partial charge is 0.481 e. The number of nitrogens with one attached hydrogen (secondary N) is 3. The summed E-state index contributed by atoms with van der Waals surface area (Å²) in [6.07, 6.45) is -3.89. The third kappa shape index (κ3) is 10.4. The molecule has 0 aliphatic carbocycles. The highest BCUT2D eigenvalue weighted by Gasteiger charge is 2.37. The van der Waals surface area contributed by atoms with Crippen LogP contribution in [-0.2, 0) is 19.2 Å². The van der Waals surface area contributed by atoms with Gasteiger partial charge in [0.15, 0.2) is 6.10 Å². The third-order valence-electron chi connectivity index (χ3n) is 5.49. The van der Waals surface area contributed by atoms with Gasteiger partial charge in [-0.2, -0.15) is 11.8 Å². The molecule has 212 valence electrons. The van der Waals surface area contributed by atoms with E-state index in [1.165, 1.54) is 17.8 Å². The minimum atomic E-state index is -2.25. The molecule has 0 unspecified atom stereocenters. The van der Waals surface area contributed by atoms with Crippen LogP contribution >= 0.6 is 11.8 Å². The monoisotopic (exact) mass is 556 g/mol. The average Bonchev–Trinajstić information content (AvgIpc) is 2.89. The number of aliphatic hydroxyl groups is 4. The Morgan fingerprint density at radius 2 is 1.63 bits per heavy atom. The molecule has 1 rings (SSSR count). The Kier molecular flexibility index (Phi) is 14.6. The smallest absolute Gasteiger partial charge is 0.305 e. The second-order valence-corrected chi connectivity index (χ2v) is 9.35. The van der Waals surface area contributed by atoms with Crippen LogP contribution in [-0.4, -0.2) is 104 Å². The zero-order valence-corrected chi connectivity index (χ0v) is 21.7. The highest BCUT2D eigenvalue weighted by molar-refractivity contribution is 7.98. The standard InChI is InChI=1S/C24H36N4O9S/c1-3-7-15(26-22(35)14(25)12-38-2)23(36)28-17(11-29)19(32)20(33)21(34)24(37)27-16(10-18(30)31)13-8-5-4-6-9-13/h3-6,8-9,14-17,19-21,29,32-34H,1,7,10-12,25H2,2H3,(H,26,35)(H,27,37)(H,28,36)(H,30,31)/t14-,15-,16-,17-,19+,20+,21-/m0/s1. The van der Waals surface area contributed by atoms with Crippen LogP contribution in [0.5, 0.6) is 0 Å². The minimum absolute atomic E-state index is 0.0180. The molecule has 0 radical (unpaired) electrons. The van der Waals surface area contributed by atoms with Crippen molar-refractivity contribution < 1.29 is 44.7 Å². The number of benzene rings is 1. The number of carboxylic acids is 1. The number of carboxylic acid groups (broad SMARTS) is 1. The fraction of sp³-hybridized carbons (Fsp3) is 0.500. The number of rotatable bonds is 17. The fourth-order valence-corrected chi connectivity index (χ4v) is 3.91. The van der Waals surface area contributed by atoms with Crippen molar-refractivity contribution in [2.45, 2.75) is 55.3 Å². The van der Waals surface area contributed by atoms with Crippen LogP contribution in [0.15, 0.2) is 43.0 Å². The molecule has 1 aromatic carbocycles. The van der Waals surface area contributed by atoms with Gasteiger partial charge in [-0.25, -0.2) is 0 Å². The van der Waals surface area contributed by atoms with Crippen LogP contribution in [0.4, 0.5) is 0 Å². The summed E-state index contributed by atoms with van der Waals surface area (Å²) in [6, 6.07) is 3.41. The van der Waals surface area contributed by atoms with Crippen LogP contribution in [0.3, 0.4) is 0 Å². The Morgan fingerprint density at radius 1 is 1.00 bits per heavy atom. The second kappa shape index (κ2) is 16.8. The Hall–Kier alpha value is -3.01. The molecular formula is C24H36N4O9S. The highest BCUT2D eigenvalue weighted by Crippen LogP contribution is 2.17. The molecule has 7 atom stereocenters. The number of aliphatic hydroxyl groups excluding tert-OH is 4. The van der Waals surface area contributed by atoms with Gasteiger partial charge >= 0.3 is 5.97 Å². The van der Waals surface area contributed by atoms with E-state index in [9.17, 15) is 39.6 Å². The Bertz CT molecular complexity index is 937. The summed E-state index contributed by atoms with van der Waals surface area (Å²) in [5, 5.41) is 57.1. The van der Waals surface area contributed by atoms with Crippen LogP contribution < -0.4 is 21.7 Å². The van der Waals surface area contributed by atoms with E-state index in [-0.39, 0.29) is 6.42 Å². The van der Waals surface area contributed by atoms with E-state index >= 15 is 0 Å². The van der Waals surface area contributed by atoms with Gasteiger partial charge in [0.2, 0.25) is 11.8 Å². The summed E-state index contributed by atoms with van der Waals surface area (Å²) in [4.78, 5) is 48.8. The topological polar surface area (TPSA) is 232 Å². The first-order valence-corrected chi connectivity index (χ1v) is 13.0. The Labute approximate surface area is 224 Å². The number of nitrogens with two attached hydrogens (primary N) is 1. The number of carbonyl (C=O) groups excluding carboxylic acids is 3. The second-order valence-electron chi connectivity index (χ2n) is 8.44. The molecule has 14 heteroatoms. The Balaban J connectivity index is 2.90. The van der Waals surface area contributed by atoms with Gasteiger partial charge in [0, 0.05) is 5.75 Å². The van der Waals surface area contributed by atoms with E-state index in [4.69, 9.17) is 10.8 Å². The molecule has 0 fully saturated rings. The predicted octanol–water partition coefficient (Wildman–Crippen LogP) is -2.37. The van der Waals surface area contributed by atoms with Gasteiger partial charge in [-0.1, -0.05) is 36.4 Å². The number of hydrogen-bond donors (Lipinski definition) is 9. The van der Waals surface area contributed by atoms with Crippen LogP contribution in [0, 0.1) is 0 Å². The molecule has 0 aliphatic rings. The minimum Gasteiger partial charge on any atom is -0.481 e. The van der Waals surface area contributed by atoms with Crippen molar-refractivity contribution in [1.29, 1.82) is 0 Å². The van der Waals surface area contributed by atoms with Gasteiger partial charge < -0.3 is 47.2 Å². The van der Waals surface area contributed by atoms with Gasteiger partial charge in [0.25, 0.3) is 5.91 Å². The third-order valence-corrected chi connectivity index (χ3v) is 6.19. The van der Waals surface area contributed by atoms with Crippen LogP contribution in [0.25, 0.3) is 0 Å². The van der Waals surface area contributed by atoms with Crippen molar-refractivity contribution in [1.82, 2.24) is 16.0 Å². The van der Waals surface area contributed by atoms with E-state index in [0.29, 0.717) is 11.3 Å². The molecule has 0 saturated heterocycles. The molecule has 0 bridgehead atoms. The highest BCUT2D eigenvalue weighted by atomic mass is 32.2. The number of aliphatic carboxylic acids is 1. The molecule has 0 heterocycles. The lowest BCUT2D eigenvalue weighted by Crippen LogP contribution is -2.60. The average molecular weight is 557 g/mol. The maximum Gasteiger partial charge on any atom is 0.305 e. The Morgan fingerprint density at radius 3 is 2.16 bits per heavy atom. The number of thioether (sulfide) groups is 1. The number of amides is 3. The number of hydrogen-bond acceptors (Lipinski definition) is 10. The van der Waals surface area contributed by atoms with Crippen molar-refractivity contribution in [2.75, 3.05) is 18.6 Å². The van der Waals surface area contributed by atoms with Gasteiger partial charge in [-0.05, 0) is 18.2 Å². The molecule has 0 saturated carbocycles. The molecule has 10 N–H and O–H groups in total. The first kappa shape index (κ1) is 33.0. The summed E-state index contributed by atoms with van der Waals surface area (Å²) in [5.41, 5.74) is 6.17. The fourth-order valence-electron chi connectivity index (χ4n) is 3.40. The summed E-state index contributed by atoms with van der Waals surface area (Å²) < 4.78 is 0. The van der Waals surface area contributed by atoms with Crippen LogP contribution in [0.2, 0.25) is 0 Å². The number of carbonyl (C=O) groups is 4. The summed E-state index contributed by atoms with van der Waals surface area (Å²) in [7, 11) is 0. The molecule has 1 aromatic rings. The van der Waals surface area contributed by atoms with Gasteiger partial charge in [0.1, 0.15) is 18.2 Å². The maximum atomic E-state index is 12.7. The molecule has 0 aliphatic heterocycles. The summed E-state index contributed by atoms with van der Waals surface area (Å²) in [5.74, 6) is -3.56. The molecular weight excluding hydrogens is 520 g/mol. The SMILES string of the molecule is C=CC[C@H](NC(=O)[C@@H](N)CSC)C(=O)N[C@@H](CO)[C@@H](O)[C@@H](O)[C@H](O)C(=O)N[C@@H](CC(=O)O)c1ccccc1. The molecule has 38 heavy (non-hydrogen) atoms. The zero-order valence-electron chi connectivity index (χ0n) is 20.9. The molecule has 13 nitrogen and oxygen atoms in total. The molecule has 0 aromatic heterocycles. The van der Waals surface area contributed by atoms with Crippen LogP contribution in [0.1, 0.15) is 24.4 Å². The zero-order chi connectivity index (χ0) is 28.8. The molecule has 0 spiro atoms. The van der Waals surface area contributed by atoms with E-state index in [0.717, 1.165) is 0 Å². The predicted molar refractivity (Wildman–Crippen MR) is 140 cm³/mol. The first-order valence-electron chi connectivity index (χ1n) is 11.6. The molecule has 3 amide bonds. The van der Waals surface area contributed by atoms with Gasteiger partial charge in [-0.15, -0.1) is 6.58 Å². The normalized spacial score (nSPS) is 16.6. The lowest BCUT2D eigenvalue weighted by Gasteiger charge is -2.30. The lowest BCUT2D eigenvalue weighted by molar-refractivity contribution is -0.145. The lowest BCUT2D eigenvalue weighted by atomic mass is 9.98. The van der Waals surface area contributed by atoms with E-state index in [1.54, 1.807) is 36.6 Å². The van der Waals surface area contributed by atoms with E-state index in [1.807, 2.05) is 0 Å². The summed E-state index contributed by atoms with van der Waals surface area (Å²) in [6.45, 7) is 2.62. The van der Waals surface area contributed by atoms with Crippen molar-refractivity contribution in [3.8, 4) is 0 Å². The quantitative estimate of drug-likeness (QED) is 0.0920. The van der Waals surface area contributed by atoms with Crippen molar-refractivity contribution in [2.24, 2.45) is 5.73 Å². The van der Waals surface area contributed by atoms with E-state index < -0.39 is 79.2 Å². The summed E-state index contributed by atoms with van der Waals surface area (Å²) >= 11 is 1.33. The van der Waals surface area contributed by atoms with Crippen molar-refractivity contribution in [3.63, 3.8) is 0 Å². The first-order chi connectivity index (χ1) is 18.0. The van der Waals surface area contributed by atoms with Crippen molar-refractivity contribution in [3.05, 3.63) is 48.6 Å². The maximum absolute atomic E-state index is 12.7.